The van der Waals surface area contributed by atoms with Gasteiger partial charge in [0.05, 0.1) is 18.2 Å². The van der Waals surface area contributed by atoms with Crippen molar-refractivity contribution in [3.05, 3.63) is 35.4 Å². The molecule has 1 aromatic rings. The molecule has 0 unspecified atom stereocenters. The van der Waals surface area contributed by atoms with Gasteiger partial charge in [0.15, 0.2) is 0 Å². The maximum atomic E-state index is 12.4. The molecule has 1 heterocycles. The molecule has 1 aromatic carbocycles. The van der Waals surface area contributed by atoms with E-state index in [2.05, 4.69) is 5.32 Å². The highest BCUT2D eigenvalue weighted by Crippen LogP contribution is 2.20. The van der Waals surface area contributed by atoms with Gasteiger partial charge < -0.3 is 5.32 Å². The zero-order chi connectivity index (χ0) is 16.3. The zero-order valence-electron chi connectivity index (χ0n) is 13.4. The standard InChI is InChI=1S/C16H24N2O3S/c1-12-6-8-14(9-7-12)13(2)17-16(19)15-5-4-10-18(11-15)22(3,20)21/h6-9,13,15H,4-5,10-11H2,1-3H3,(H,17,19)/t13-,15-/m1/s1. The van der Waals surface area contributed by atoms with Gasteiger partial charge in [-0.3, -0.25) is 4.79 Å². The predicted molar refractivity (Wildman–Crippen MR) is 86.9 cm³/mol. The molecular weight excluding hydrogens is 300 g/mol. The van der Waals surface area contributed by atoms with Crippen LogP contribution in [0.4, 0.5) is 0 Å². The third kappa shape index (κ3) is 4.30. The van der Waals surface area contributed by atoms with E-state index in [0.717, 1.165) is 18.4 Å². The van der Waals surface area contributed by atoms with Gasteiger partial charge in [-0.15, -0.1) is 0 Å². The lowest BCUT2D eigenvalue weighted by Gasteiger charge is -2.30. The van der Waals surface area contributed by atoms with Crippen LogP contribution < -0.4 is 5.32 Å². The van der Waals surface area contributed by atoms with Gasteiger partial charge >= 0.3 is 0 Å². The van der Waals surface area contributed by atoms with Crippen molar-refractivity contribution in [3.8, 4) is 0 Å². The largest absolute Gasteiger partial charge is 0.349 e. The molecule has 1 fully saturated rings. The minimum atomic E-state index is -3.22. The SMILES string of the molecule is Cc1ccc([C@@H](C)NC(=O)[C@@H]2CCCN(S(C)(=O)=O)C2)cc1. The Kier molecular flexibility index (Phi) is 5.24. The van der Waals surface area contributed by atoms with Gasteiger partial charge in [-0.25, -0.2) is 12.7 Å². The molecule has 6 heteroatoms. The number of nitrogens with zero attached hydrogens (tertiary/aromatic N) is 1. The Labute approximate surface area is 132 Å². The summed E-state index contributed by atoms with van der Waals surface area (Å²) in [5, 5.41) is 3.00. The van der Waals surface area contributed by atoms with E-state index in [9.17, 15) is 13.2 Å². The van der Waals surface area contributed by atoms with E-state index in [1.54, 1.807) is 0 Å². The van der Waals surface area contributed by atoms with Crippen LogP contribution in [-0.2, 0) is 14.8 Å². The van der Waals surface area contributed by atoms with Gasteiger partial charge in [0.1, 0.15) is 0 Å². The second-order valence-corrected chi connectivity index (χ2v) is 8.08. The van der Waals surface area contributed by atoms with Crippen LogP contribution in [0.15, 0.2) is 24.3 Å². The Hall–Kier alpha value is -1.40. The van der Waals surface area contributed by atoms with Crippen LogP contribution in [-0.4, -0.2) is 38.0 Å². The Morgan fingerprint density at radius 2 is 1.95 bits per heavy atom. The van der Waals surface area contributed by atoms with Gasteiger partial charge in [-0.05, 0) is 32.3 Å². The summed E-state index contributed by atoms with van der Waals surface area (Å²) in [6, 6.07) is 7.96. The van der Waals surface area contributed by atoms with Gasteiger partial charge in [0.2, 0.25) is 15.9 Å². The molecule has 0 aliphatic carbocycles. The first kappa shape index (κ1) is 17.0. The third-order valence-electron chi connectivity index (χ3n) is 4.16. The summed E-state index contributed by atoms with van der Waals surface area (Å²) in [6.45, 7) is 4.76. The lowest BCUT2D eigenvalue weighted by Crippen LogP contribution is -2.45. The van der Waals surface area contributed by atoms with E-state index >= 15 is 0 Å². The van der Waals surface area contributed by atoms with Crippen LogP contribution >= 0.6 is 0 Å². The Morgan fingerprint density at radius 3 is 2.55 bits per heavy atom. The van der Waals surface area contributed by atoms with E-state index in [1.165, 1.54) is 16.1 Å². The number of amides is 1. The topological polar surface area (TPSA) is 66.5 Å². The van der Waals surface area contributed by atoms with Crippen molar-refractivity contribution in [1.29, 1.82) is 0 Å². The Bertz CT molecular complexity index is 625. The quantitative estimate of drug-likeness (QED) is 0.919. The van der Waals surface area contributed by atoms with Crippen LogP contribution in [0.25, 0.3) is 0 Å². The molecule has 122 valence electrons. The van der Waals surface area contributed by atoms with E-state index < -0.39 is 10.0 Å². The fourth-order valence-electron chi connectivity index (χ4n) is 2.73. The van der Waals surface area contributed by atoms with Crippen LogP contribution in [0.1, 0.15) is 36.9 Å². The summed E-state index contributed by atoms with van der Waals surface area (Å²) in [6.07, 6.45) is 2.66. The molecule has 0 spiro atoms. The number of nitrogens with one attached hydrogen (secondary N) is 1. The number of hydrogen-bond donors (Lipinski definition) is 1. The van der Waals surface area contributed by atoms with E-state index in [1.807, 2.05) is 38.1 Å². The molecule has 1 amide bonds. The summed E-state index contributed by atoms with van der Waals surface area (Å²) in [5.41, 5.74) is 2.23. The smallest absolute Gasteiger partial charge is 0.224 e. The Balaban J connectivity index is 1.98. The number of aryl methyl sites for hydroxylation is 1. The van der Waals surface area contributed by atoms with Crippen LogP contribution in [0.2, 0.25) is 0 Å². The summed E-state index contributed by atoms with van der Waals surface area (Å²) in [7, 11) is -3.22. The molecule has 1 N–H and O–H groups in total. The molecule has 5 nitrogen and oxygen atoms in total. The number of rotatable bonds is 4. The first-order valence-electron chi connectivity index (χ1n) is 7.59. The number of sulfonamides is 1. The number of benzene rings is 1. The second kappa shape index (κ2) is 6.79. The average Bonchev–Trinajstić information content (AvgIpc) is 2.47. The van der Waals surface area contributed by atoms with Crippen molar-refractivity contribution in [3.63, 3.8) is 0 Å². The third-order valence-corrected chi connectivity index (χ3v) is 5.43. The van der Waals surface area contributed by atoms with Crippen molar-refractivity contribution in [2.24, 2.45) is 5.92 Å². The number of piperidine rings is 1. The van der Waals surface area contributed by atoms with E-state index in [-0.39, 0.29) is 24.4 Å². The van der Waals surface area contributed by atoms with Crippen molar-refractivity contribution >= 4 is 15.9 Å². The lowest BCUT2D eigenvalue weighted by molar-refractivity contribution is -0.126. The van der Waals surface area contributed by atoms with Crippen LogP contribution in [0.3, 0.4) is 0 Å². The molecule has 0 radical (unpaired) electrons. The molecule has 2 rings (SSSR count). The summed E-state index contributed by atoms with van der Waals surface area (Å²) < 4.78 is 24.6. The number of carbonyl (C=O) groups is 1. The molecular formula is C16H24N2O3S. The highest BCUT2D eigenvalue weighted by molar-refractivity contribution is 7.88. The maximum Gasteiger partial charge on any atom is 0.224 e. The minimum absolute atomic E-state index is 0.0681. The van der Waals surface area contributed by atoms with Crippen molar-refractivity contribution in [2.45, 2.75) is 32.7 Å². The predicted octanol–water partition coefficient (Wildman–Crippen LogP) is 1.84. The van der Waals surface area contributed by atoms with E-state index in [4.69, 9.17) is 0 Å². The number of hydrogen-bond acceptors (Lipinski definition) is 3. The summed E-state index contributed by atoms with van der Waals surface area (Å²) in [4.78, 5) is 12.4. The summed E-state index contributed by atoms with van der Waals surface area (Å²) in [5.74, 6) is -0.335. The second-order valence-electron chi connectivity index (χ2n) is 6.10. The van der Waals surface area contributed by atoms with Gasteiger partial charge in [0, 0.05) is 13.1 Å². The molecule has 1 saturated heterocycles. The molecule has 1 aliphatic rings. The fraction of sp³-hybridized carbons (Fsp3) is 0.562. The highest BCUT2D eigenvalue weighted by Gasteiger charge is 2.30. The maximum absolute atomic E-state index is 12.4. The average molecular weight is 324 g/mol. The van der Waals surface area contributed by atoms with Crippen molar-refractivity contribution in [2.75, 3.05) is 19.3 Å². The molecule has 2 atom stereocenters. The van der Waals surface area contributed by atoms with Crippen LogP contribution in [0.5, 0.6) is 0 Å². The first-order chi connectivity index (χ1) is 10.3. The minimum Gasteiger partial charge on any atom is -0.349 e. The monoisotopic (exact) mass is 324 g/mol. The first-order valence-corrected chi connectivity index (χ1v) is 9.44. The van der Waals surface area contributed by atoms with Gasteiger partial charge in [0.25, 0.3) is 0 Å². The highest BCUT2D eigenvalue weighted by atomic mass is 32.2. The van der Waals surface area contributed by atoms with Crippen LogP contribution in [0, 0.1) is 12.8 Å². The van der Waals surface area contributed by atoms with E-state index in [0.29, 0.717) is 6.54 Å². The molecule has 1 aliphatic heterocycles. The molecule has 0 saturated carbocycles. The molecule has 0 bridgehead atoms. The fourth-order valence-corrected chi connectivity index (χ4v) is 3.64. The normalized spacial score (nSPS) is 21.3. The Morgan fingerprint density at radius 1 is 1.32 bits per heavy atom. The summed E-state index contributed by atoms with van der Waals surface area (Å²) >= 11 is 0. The lowest BCUT2D eigenvalue weighted by atomic mass is 9.97. The van der Waals surface area contributed by atoms with Crippen molar-refractivity contribution in [1.82, 2.24) is 9.62 Å². The number of carbonyl (C=O) groups excluding carboxylic acids is 1. The molecule has 22 heavy (non-hydrogen) atoms. The van der Waals surface area contributed by atoms with Gasteiger partial charge in [-0.1, -0.05) is 29.8 Å². The van der Waals surface area contributed by atoms with Crippen molar-refractivity contribution < 1.29 is 13.2 Å². The molecule has 0 aromatic heterocycles. The van der Waals surface area contributed by atoms with Gasteiger partial charge in [-0.2, -0.15) is 0 Å². The zero-order valence-corrected chi connectivity index (χ0v) is 14.2.